The molecule has 0 unspecified atom stereocenters. The molecule has 2 aromatic carbocycles. The molecular weight excluding hydrogens is 336 g/mol. The zero-order chi connectivity index (χ0) is 14.7. The maximum Gasteiger partial charge on any atom is 0.194 e. The summed E-state index contributed by atoms with van der Waals surface area (Å²) in [5.41, 5.74) is 2.44. The van der Waals surface area contributed by atoms with Crippen LogP contribution >= 0.6 is 27.5 Å². The molecule has 20 heavy (non-hydrogen) atoms. The van der Waals surface area contributed by atoms with Crippen LogP contribution in [-0.4, -0.2) is 5.78 Å². The molecule has 0 N–H and O–H groups in total. The molecule has 0 spiro atoms. The van der Waals surface area contributed by atoms with Crippen molar-refractivity contribution in [1.29, 1.82) is 0 Å². The molecular formula is C17H16BrClO. The van der Waals surface area contributed by atoms with E-state index in [-0.39, 0.29) is 5.78 Å². The van der Waals surface area contributed by atoms with Crippen molar-refractivity contribution in [1.82, 2.24) is 0 Å². The van der Waals surface area contributed by atoms with Gasteiger partial charge in [-0.2, -0.15) is 0 Å². The third-order valence-corrected chi connectivity index (χ3v) is 4.35. The smallest absolute Gasteiger partial charge is 0.194 e. The normalized spacial score (nSPS) is 10.8. The highest BCUT2D eigenvalue weighted by molar-refractivity contribution is 9.10. The van der Waals surface area contributed by atoms with Crippen molar-refractivity contribution >= 4 is 33.3 Å². The van der Waals surface area contributed by atoms with Crippen molar-refractivity contribution in [3.05, 3.63) is 68.7 Å². The van der Waals surface area contributed by atoms with Crippen LogP contribution in [0.5, 0.6) is 0 Å². The summed E-state index contributed by atoms with van der Waals surface area (Å²) in [6, 6.07) is 13.2. The van der Waals surface area contributed by atoms with E-state index in [1.807, 2.05) is 36.4 Å². The lowest BCUT2D eigenvalue weighted by Crippen LogP contribution is -2.03. The molecule has 0 aromatic heterocycles. The maximum atomic E-state index is 12.4. The topological polar surface area (TPSA) is 17.1 Å². The fraction of sp³-hybridized carbons (Fsp3) is 0.235. The van der Waals surface area contributed by atoms with Gasteiger partial charge in [0.2, 0.25) is 0 Å². The van der Waals surface area contributed by atoms with Gasteiger partial charge in [0.1, 0.15) is 0 Å². The van der Waals surface area contributed by atoms with Crippen molar-refractivity contribution in [2.45, 2.75) is 20.3 Å². The van der Waals surface area contributed by atoms with Gasteiger partial charge in [0, 0.05) is 15.6 Å². The first-order valence-corrected chi connectivity index (χ1v) is 7.73. The Balaban J connectivity index is 2.27. The highest BCUT2D eigenvalue weighted by Gasteiger charge is 2.14. The Morgan fingerprint density at radius 1 is 1.15 bits per heavy atom. The molecule has 0 saturated carbocycles. The third-order valence-electron chi connectivity index (χ3n) is 3.06. The van der Waals surface area contributed by atoms with Gasteiger partial charge in [-0.15, -0.1) is 0 Å². The molecule has 0 aliphatic rings. The fourth-order valence-corrected chi connectivity index (χ4v) is 2.68. The quantitative estimate of drug-likeness (QED) is 0.662. The first kappa shape index (κ1) is 15.3. The molecule has 0 heterocycles. The summed E-state index contributed by atoms with van der Waals surface area (Å²) in [4.78, 5) is 12.4. The lowest BCUT2D eigenvalue weighted by molar-refractivity contribution is 0.103. The molecule has 0 saturated heterocycles. The molecule has 2 rings (SSSR count). The zero-order valence-electron chi connectivity index (χ0n) is 11.5. The van der Waals surface area contributed by atoms with E-state index in [4.69, 9.17) is 11.6 Å². The van der Waals surface area contributed by atoms with E-state index in [0.717, 1.165) is 10.9 Å². The van der Waals surface area contributed by atoms with Gasteiger partial charge in [-0.05, 0) is 46.0 Å². The van der Waals surface area contributed by atoms with E-state index in [2.05, 4.69) is 29.8 Å². The Morgan fingerprint density at radius 3 is 2.40 bits per heavy atom. The van der Waals surface area contributed by atoms with E-state index in [1.165, 1.54) is 5.56 Å². The molecule has 0 amide bonds. The molecule has 104 valence electrons. The third kappa shape index (κ3) is 3.50. The molecule has 2 aromatic rings. The molecule has 0 atom stereocenters. The largest absolute Gasteiger partial charge is 0.289 e. The van der Waals surface area contributed by atoms with Crippen molar-refractivity contribution in [2.24, 2.45) is 5.92 Å². The molecule has 0 aliphatic carbocycles. The second-order valence-electron chi connectivity index (χ2n) is 5.23. The second-order valence-corrected chi connectivity index (χ2v) is 6.46. The van der Waals surface area contributed by atoms with Crippen LogP contribution in [0.25, 0.3) is 0 Å². The molecule has 0 fully saturated rings. The van der Waals surface area contributed by atoms with Crippen molar-refractivity contribution in [2.75, 3.05) is 0 Å². The number of carbonyl (C=O) groups excluding carboxylic acids is 1. The van der Waals surface area contributed by atoms with Gasteiger partial charge < -0.3 is 0 Å². The van der Waals surface area contributed by atoms with Gasteiger partial charge in [0.15, 0.2) is 5.78 Å². The first-order valence-electron chi connectivity index (χ1n) is 6.56. The van der Waals surface area contributed by atoms with Crippen molar-refractivity contribution < 1.29 is 4.79 Å². The van der Waals surface area contributed by atoms with Crippen LogP contribution in [-0.2, 0) is 6.42 Å². The number of benzene rings is 2. The Morgan fingerprint density at radius 2 is 1.80 bits per heavy atom. The summed E-state index contributed by atoms with van der Waals surface area (Å²) in [7, 11) is 0. The lowest BCUT2D eigenvalue weighted by atomic mass is 9.98. The number of rotatable bonds is 4. The Hall–Kier alpha value is -1.12. The minimum Gasteiger partial charge on any atom is -0.289 e. The summed E-state index contributed by atoms with van der Waals surface area (Å²) in [5, 5.41) is 0.462. The van der Waals surface area contributed by atoms with E-state index in [9.17, 15) is 4.79 Å². The van der Waals surface area contributed by atoms with E-state index < -0.39 is 0 Å². The maximum absolute atomic E-state index is 12.4. The van der Waals surface area contributed by atoms with Gasteiger partial charge in [-0.3, -0.25) is 4.79 Å². The molecule has 0 radical (unpaired) electrons. The minimum atomic E-state index is -0.0487. The summed E-state index contributed by atoms with van der Waals surface area (Å²) >= 11 is 9.51. The van der Waals surface area contributed by atoms with Crippen LogP contribution < -0.4 is 0 Å². The number of halogens is 2. The minimum absolute atomic E-state index is 0.0487. The van der Waals surface area contributed by atoms with Gasteiger partial charge >= 0.3 is 0 Å². The average Bonchev–Trinajstić information content (AvgIpc) is 2.41. The molecule has 1 nitrogen and oxygen atoms in total. The summed E-state index contributed by atoms with van der Waals surface area (Å²) in [5.74, 6) is 0.559. The first-order chi connectivity index (χ1) is 9.49. The van der Waals surface area contributed by atoms with Crippen LogP contribution in [0.2, 0.25) is 5.02 Å². The van der Waals surface area contributed by atoms with Crippen LogP contribution in [0, 0.1) is 5.92 Å². The van der Waals surface area contributed by atoms with E-state index in [1.54, 1.807) is 6.07 Å². The van der Waals surface area contributed by atoms with Crippen molar-refractivity contribution in [3.8, 4) is 0 Å². The van der Waals surface area contributed by atoms with Crippen molar-refractivity contribution in [3.63, 3.8) is 0 Å². The van der Waals surface area contributed by atoms with Gasteiger partial charge in [-0.1, -0.05) is 55.8 Å². The van der Waals surface area contributed by atoms with Gasteiger partial charge in [0.05, 0.1) is 5.02 Å². The highest BCUT2D eigenvalue weighted by Crippen LogP contribution is 2.27. The summed E-state index contributed by atoms with van der Waals surface area (Å²) in [6.07, 6.45) is 1.02. The summed E-state index contributed by atoms with van der Waals surface area (Å²) < 4.78 is 0.737. The van der Waals surface area contributed by atoms with E-state index in [0.29, 0.717) is 22.1 Å². The van der Waals surface area contributed by atoms with Crippen LogP contribution in [0.15, 0.2) is 46.9 Å². The van der Waals surface area contributed by atoms with Gasteiger partial charge in [0.25, 0.3) is 0 Å². The fourth-order valence-electron chi connectivity index (χ4n) is 2.10. The predicted octanol–water partition coefficient (Wildman–Crippen LogP) is 5.53. The second kappa shape index (κ2) is 6.55. The number of ketones is 1. The SMILES string of the molecule is CC(C)Cc1ccc(C(=O)c2cccc(Br)c2Cl)cc1. The Kier molecular flexibility index (Phi) is 5.00. The standard InChI is InChI=1S/C17H16BrClO/c1-11(2)10-12-6-8-13(9-7-12)17(20)14-4-3-5-15(18)16(14)19/h3-9,11H,10H2,1-2H3. The average molecular weight is 352 g/mol. The zero-order valence-corrected chi connectivity index (χ0v) is 13.8. The number of carbonyl (C=O) groups is 1. The monoisotopic (exact) mass is 350 g/mol. The van der Waals surface area contributed by atoms with E-state index >= 15 is 0 Å². The van der Waals surface area contributed by atoms with Crippen LogP contribution in [0.4, 0.5) is 0 Å². The summed E-state index contributed by atoms with van der Waals surface area (Å²) in [6.45, 7) is 4.36. The Bertz CT molecular complexity index is 617. The van der Waals surface area contributed by atoms with Crippen LogP contribution in [0.1, 0.15) is 35.3 Å². The highest BCUT2D eigenvalue weighted by atomic mass is 79.9. The number of hydrogen-bond donors (Lipinski definition) is 0. The Labute approximate surface area is 133 Å². The lowest BCUT2D eigenvalue weighted by Gasteiger charge is -2.08. The molecule has 0 bridgehead atoms. The molecule has 0 aliphatic heterocycles. The van der Waals surface area contributed by atoms with Gasteiger partial charge in [-0.25, -0.2) is 0 Å². The predicted molar refractivity (Wildman–Crippen MR) is 87.6 cm³/mol. The van der Waals surface area contributed by atoms with Crippen LogP contribution in [0.3, 0.4) is 0 Å². The molecule has 3 heteroatoms. The number of hydrogen-bond acceptors (Lipinski definition) is 1.